The van der Waals surface area contributed by atoms with Crippen LogP contribution in [0.5, 0.6) is 0 Å². The number of aromatic nitrogens is 4. The first kappa shape index (κ1) is 32.8. The predicted octanol–water partition coefficient (Wildman–Crippen LogP) is 1.01. The fourth-order valence-corrected chi connectivity index (χ4v) is 6.37. The van der Waals surface area contributed by atoms with Crippen LogP contribution in [-0.4, -0.2) is 82.7 Å². The van der Waals surface area contributed by atoms with Gasteiger partial charge < -0.3 is 25.8 Å². The molecule has 4 rings (SSSR count). The van der Waals surface area contributed by atoms with Gasteiger partial charge in [0.2, 0.25) is 11.1 Å². The number of hydrogen-bond donors (Lipinski definition) is 6. The molecule has 5 atom stereocenters. The average molecular weight is 641 g/mol. The molecule has 3 heterocycles. The lowest BCUT2D eigenvalue weighted by molar-refractivity contribution is -0.149. The standard InChI is InChI=1S/C25H33N6O10PS/c1-24(2,21(34)35)22(36)43-10-9-39-42(38,28-11-14-7-5-4-6-8-14)40-12-15-17(32)25(3,37)20(41-15)31-13-27-16-18(31)29-23(26)30-19(16)33/h4-8,13,15,17,20,32,37H,9-12H2,1-3H3,(H,28,38)(H,34,35)(H3,26,29,30,33). The molecule has 0 saturated carbocycles. The highest BCUT2D eigenvalue weighted by atomic mass is 32.2. The number of nitrogens with zero attached hydrogens (tertiary/aromatic N) is 3. The Morgan fingerprint density at radius 1 is 1.30 bits per heavy atom. The normalized spacial score (nSPS) is 23.8. The van der Waals surface area contributed by atoms with Crippen LogP contribution in [0.3, 0.4) is 0 Å². The molecule has 1 fully saturated rings. The molecular formula is C25H33N6O10PS. The Balaban J connectivity index is 1.46. The number of thioether (sulfide) groups is 1. The summed E-state index contributed by atoms with van der Waals surface area (Å²) < 4.78 is 32.0. The van der Waals surface area contributed by atoms with Crippen molar-refractivity contribution in [3.05, 3.63) is 52.6 Å². The molecule has 234 valence electrons. The number of nitrogen functional groups attached to an aromatic ring is 1. The van der Waals surface area contributed by atoms with E-state index in [1.54, 1.807) is 24.3 Å². The van der Waals surface area contributed by atoms with Crippen LogP contribution in [0.25, 0.3) is 11.2 Å². The molecule has 2 aromatic heterocycles. The lowest BCUT2D eigenvalue weighted by Gasteiger charge is -2.27. The predicted molar refractivity (Wildman–Crippen MR) is 155 cm³/mol. The van der Waals surface area contributed by atoms with Crippen LogP contribution in [-0.2, 0) is 34.5 Å². The summed E-state index contributed by atoms with van der Waals surface area (Å²) in [7, 11) is -4.11. The summed E-state index contributed by atoms with van der Waals surface area (Å²) in [6.45, 7) is 3.20. The maximum atomic E-state index is 13.7. The number of nitrogens with one attached hydrogen (secondary N) is 2. The van der Waals surface area contributed by atoms with Gasteiger partial charge in [0.25, 0.3) is 5.56 Å². The fraction of sp³-hybridized carbons (Fsp3) is 0.480. The molecule has 7 N–H and O–H groups in total. The number of rotatable bonds is 13. The molecule has 16 nitrogen and oxygen atoms in total. The Morgan fingerprint density at radius 3 is 2.67 bits per heavy atom. The highest BCUT2D eigenvalue weighted by Gasteiger charge is 2.54. The summed E-state index contributed by atoms with van der Waals surface area (Å²) in [5.41, 5.74) is 2.22. The van der Waals surface area contributed by atoms with E-state index in [1.165, 1.54) is 31.7 Å². The van der Waals surface area contributed by atoms with E-state index in [9.17, 15) is 34.3 Å². The summed E-state index contributed by atoms with van der Waals surface area (Å²) in [4.78, 5) is 46.2. The van der Waals surface area contributed by atoms with Gasteiger partial charge in [0.1, 0.15) is 23.2 Å². The third-order valence-electron chi connectivity index (χ3n) is 6.81. The van der Waals surface area contributed by atoms with Gasteiger partial charge in [0, 0.05) is 12.3 Å². The van der Waals surface area contributed by atoms with Crippen molar-refractivity contribution in [2.45, 2.75) is 51.4 Å². The molecular weight excluding hydrogens is 607 g/mol. The number of carbonyl (C=O) groups is 2. The van der Waals surface area contributed by atoms with E-state index in [-0.39, 0.29) is 36.0 Å². The first-order valence-electron chi connectivity index (χ1n) is 13.0. The summed E-state index contributed by atoms with van der Waals surface area (Å²) >= 11 is 0.717. The van der Waals surface area contributed by atoms with Gasteiger partial charge in [-0.3, -0.25) is 33.0 Å². The van der Waals surface area contributed by atoms with Crippen molar-refractivity contribution < 1.29 is 43.3 Å². The van der Waals surface area contributed by atoms with E-state index in [0.29, 0.717) is 0 Å². The molecule has 0 bridgehead atoms. The number of nitrogens with two attached hydrogens (primary N) is 1. The van der Waals surface area contributed by atoms with Crippen LogP contribution in [0.2, 0.25) is 0 Å². The Bertz CT molecular complexity index is 1580. The number of fused-ring (bicyclic) bond motifs is 1. The van der Waals surface area contributed by atoms with Crippen molar-refractivity contribution in [3.63, 3.8) is 0 Å². The number of imidazole rings is 1. The molecule has 3 aromatic rings. The van der Waals surface area contributed by atoms with Crippen LogP contribution in [0.1, 0.15) is 32.6 Å². The zero-order valence-electron chi connectivity index (χ0n) is 23.5. The van der Waals surface area contributed by atoms with Crippen molar-refractivity contribution in [2.75, 3.05) is 24.7 Å². The van der Waals surface area contributed by atoms with Crippen molar-refractivity contribution in [3.8, 4) is 0 Å². The largest absolute Gasteiger partial charge is 0.480 e. The maximum Gasteiger partial charge on any atom is 0.405 e. The maximum absolute atomic E-state index is 13.7. The first-order chi connectivity index (χ1) is 20.2. The number of benzene rings is 1. The molecule has 0 spiro atoms. The molecule has 0 radical (unpaired) electrons. The zero-order valence-corrected chi connectivity index (χ0v) is 25.2. The van der Waals surface area contributed by atoms with Gasteiger partial charge in [-0.2, -0.15) is 4.98 Å². The lowest BCUT2D eigenvalue weighted by atomic mass is 9.96. The fourth-order valence-electron chi connectivity index (χ4n) is 4.14. The van der Waals surface area contributed by atoms with E-state index in [0.717, 1.165) is 17.3 Å². The molecule has 1 aliphatic rings. The van der Waals surface area contributed by atoms with Crippen LogP contribution >= 0.6 is 19.5 Å². The quantitative estimate of drug-likeness (QED) is 0.0868. The third-order valence-corrected chi connectivity index (χ3v) is 9.51. The molecule has 5 unspecified atom stereocenters. The van der Waals surface area contributed by atoms with Crippen molar-refractivity contribution >= 4 is 47.7 Å². The molecule has 0 aliphatic carbocycles. The number of anilines is 1. The van der Waals surface area contributed by atoms with Gasteiger partial charge in [0.15, 0.2) is 17.4 Å². The number of aromatic amines is 1. The highest BCUT2D eigenvalue weighted by molar-refractivity contribution is 8.13. The third kappa shape index (κ3) is 7.16. The smallest absolute Gasteiger partial charge is 0.405 e. The second kappa shape index (κ2) is 12.8. The summed E-state index contributed by atoms with van der Waals surface area (Å²) in [5.74, 6) is -1.48. The van der Waals surface area contributed by atoms with E-state index < -0.39 is 60.4 Å². The Hall–Kier alpha value is -3.15. The SMILES string of the molecule is CC(C)(C(=O)O)C(=O)SCCOP(=O)(NCc1ccccc1)OCC1OC(n2cnc3c(=O)[nH]c(N)nc32)C(C)(O)C1O. The number of aliphatic hydroxyl groups excluding tert-OH is 1. The summed E-state index contributed by atoms with van der Waals surface area (Å²) in [6, 6.07) is 8.96. The van der Waals surface area contributed by atoms with E-state index in [4.69, 9.17) is 19.5 Å². The number of carboxylic acids is 1. The number of carboxylic acid groups (broad SMARTS) is 1. The van der Waals surface area contributed by atoms with Crippen molar-refractivity contribution in [2.24, 2.45) is 5.41 Å². The molecule has 0 amide bonds. The van der Waals surface area contributed by atoms with Crippen LogP contribution in [0.15, 0.2) is 41.5 Å². The van der Waals surface area contributed by atoms with Gasteiger partial charge in [-0.1, -0.05) is 42.1 Å². The van der Waals surface area contributed by atoms with E-state index >= 15 is 0 Å². The van der Waals surface area contributed by atoms with Crippen LogP contribution < -0.4 is 16.4 Å². The minimum Gasteiger partial charge on any atom is -0.480 e. The zero-order chi connectivity index (χ0) is 31.6. The van der Waals surface area contributed by atoms with Crippen molar-refractivity contribution in [1.29, 1.82) is 0 Å². The number of aliphatic carboxylic acids is 1. The van der Waals surface area contributed by atoms with E-state index in [2.05, 4.69) is 20.0 Å². The second-order valence-corrected chi connectivity index (χ2v) is 13.4. The number of carbonyl (C=O) groups excluding carboxylic acids is 1. The number of H-pyrrole nitrogens is 1. The van der Waals surface area contributed by atoms with Gasteiger partial charge >= 0.3 is 13.7 Å². The molecule has 18 heteroatoms. The van der Waals surface area contributed by atoms with E-state index in [1.807, 2.05) is 6.07 Å². The first-order valence-corrected chi connectivity index (χ1v) is 15.6. The summed E-state index contributed by atoms with van der Waals surface area (Å²) in [6.07, 6.45) is -2.85. The average Bonchev–Trinajstić information content (AvgIpc) is 3.47. The molecule has 1 aromatic carbocycles. The number of ether oxygens (including phenoxy) is 1. The Kier molecular flexibility index (Phi) is 9.78. The Morgan fingerprint density at radius 2 is 2.00 bits per heavy atom. The Labute approximate surface area is 249 Å². The van der Waals surface area contributed by atoms with Crippen LogP contribution in [0.4, 0.5) is 5.95 Å². The lowest BCUT2D eigenvalue weighted by Crippen LogP contribution is -2.44. The number of aliphatic hydroxyl groups is 2. The molecule has 43 heavy (non-hydrogen) atoms. The summed E-state index contributed by atoms with van der Waals surface area (Å²) in [5, 5.41) is 33.5. The van der Waals surface area contributed by atoms with Gasteiger partial charge in [-0.25, -0.2) is 14.6 Å². The van der Waals surface area contributed by atoms with Crippen molar-refractivity contribution in [1.82, 2.24) is 24.6 Å². The van der Waals surface area contributed by atoms with Crippen LogP contribution in [0, 0.1) is 5.41 Å². The minimum atomic E-state index is -4.11. The molecule has 1 aliphatic heterocycles. The monoisotopic (exact) mass is 640 g/mol. The highest BCUT2D eigenvalue weighted by Crippen LogP contribution is 2.47. The van der Waals surface area contributed by atoms with Gasteiger partial charge in [-0.05, 0) is 26.3 Å². The number of hydrogen-bond acceptors (Lipinski definition) is 13. The van der Waals surface area contributed by atoms with Gasteiger partial charge in [-0.15, -0.1) is 0 Å². The topological polar surface area (TPSA) is 241 Å². The second-order valence-electron chi connectivity index (χ2n) is 10.5. The van der Waals surface area contributed by atoms with Gasteiger partial charge in [0.05, 0.1) is 19.5 Å². The minimum absolute atomic E-state index is 0.0111. The molecule has 1 saturated heterocycles.